The number of fused-ring (bicyclic) bond motifs is 1. The molecule has 0 fully saturated rings. The number of rotatable bonds is 12. The van der Waals surface area contributed by atoms with Crippen molar-refractivity contribution in [1.29, 1.82) is 0 Å². The van der Waals surface area contributed by atoms with E-state index in [-0.39, 0.29) is 5.60 Å². The minimum absolute atomic E-state index is 0.0562. The number of hydrogen-bond acceptors (Lipinski definition) is 2. The number of ether oxygens (including phenoxy) is 1. The maximum absolute atomic E-state index is 9.82. The van der Waals surface area contributed by atoms with Crippen LogP contribution in [0.3, 0.4) is 0 Å². The summed E-state index contributed by atoms with van der Waals surface area (Å²) < 4.78 is 6.44. The molecule has 1 N–H and O–H groups in total. The Morgan fingerprint density at radius 2 is 1.52 bits per heavy atom. The second-order valence-corrected chi connectivity index (χ2v) is 10.7. The Hall–Kier alpha value is -1.18. The summed E-state index contributed by atoms with van der Waals surface area (Å²) in [5.74, 6) is 3.92. The molecular weight excluding hydrogens is 356 g/mol. The van der Waals surface area contributed by atoms with Gasteiger partial charge in [-0.2, -0.15) is 0 Å². The number of aryl methyl sites for hydroxylation is 2. The molecule has 0 saturated carbocycles. The summed E-state index contributed by atoms with van der Waals surface area (Å²) in [4.78, 5) is 0. The fraction of sp³-hybridized carbons (Fsp3) is 0.778. The third-order valence-corrected chi connectivity index (χ3v) is 6.88. The molecule has 0 spiro atoms. The van der Waals surface area contributed by atoms with E-state index in [4.69, 9.17) is 4.74 Å². The van der Waals surface area contributed by atoms with E-state index in [1.165, 1.54) is 51.4 Å². The van der Waals surface area contributed by atoms with Gasteiger partial charge in [0.2, 0.25) is 0 Å². The molecule has 166 valence electrons. The first-order chi connectivity index (χ1) is 13.7. The van der Waals surface area contributed by atoms with Crippen LogP contribution in [-0.4, -0.2) is 10.7 Å². The number of phenols is 1. The van der Waals surface area contributed by atoms with E-state index >= 15 is 0 Å². The normalized spacial score (nSPS) is 20.9. The number of aromatic hydroxyl groups is 1. The standard InChI is InChI=1S/C27H46O2/c1-20(2)10-7-11-21(3)12-8-13-22(4)14-9-16-27(6)17-15-24-19-25(28)18-23(5)26(24)29-27/h18-22,28H,7-17H2,1-6H3/t21?,22?,27-/m1/s1. The van der Waals surface area contributed by atoms with E-state index in [0.29, 0.717) is 5.75 Å². The Morgan fingerprint density at radius 3 is 2.14 bits per heavy atom. The lowest BCUT2D eigenvalue weighted by Crippen LogP contribution is -2.36. The summed E-state index contributed by atoms with van der Waals surface area (Å²) in [6.45, 7) is 13.8. The van der Waals surface area contributed by atoms with Gasteiger partial charge >= 0.3 is 0 Å². The Balaban J connectivity index is 1.65. The number of benzene rings is 1. The van der Waals surface area contributed by atoms with Gasteiger partial charge in [-0.15, -0.1) is 0 Å². The third kappa shape index (κ3) is 8.22. The summed E-state index contributed by atoms with van der Waals surface area (Å²) in [6.07, 6.45) is 14.1. The van der Waals surface area contributed by atoms with Crippen LogP contribution in [-0.2, 0) is 6.42 Å². The van der Waals surface area contributed by atoms with E-state index in [1.54, 1.807) is 0 Å². The zero-order valence-electron chi connectivity index (χ0n) is 20.0. The molecule has 1 aliphatic rings. The van der Waals surface area contributed by atoms with Crippen LogP contribution >= 0.6 is 0 Å². The van der Waals surface area contributed by atoms with Gasteiger partial charge in [-0.3, -0.25) is 0 Å². The van der Waals surface area contributed by atoms with Crippen molar-refractivity contribution in [2.24, 2.45) is 17.8 Å². The summed E-state index contributed by atoms with van der Waals surface area (Å²) in [5, 5.41) is 9.82. The largest absolute Gasteiger partial charge is 0.508 e. The van der Waals surface area contributed by atoms with Crippen LogP contribution in [0.25, 0.3) is 0 Å². The summed E-state index contributed by atoms with van der Waals surface area (Å²) in [5.41, 5.74) is 2.16. The number of phenolic OH excluding ortho intramolecular Hbond substituents is 1. The molecule has 1 heterocycles. The smallest absolute Gasteiger partial charge is 0.126 e. The Bertz CT molecular complexity index is 621. The summed E-state index contributed by atoms with van der Waals surface area (Å²) in [7, 11) is 0. The molecule has 0 amide bonds. The first-order valence-corrected chi connectivity index (χ1v) is 12.2. The quantitative estimate of drug-likeness (QED) is 0.381. The monoisotopic (exact) mass is 402 g/mol. The van der Waals surface area contributed by atoms with Gasteiger partial charge in [-0.1, -0.05) is 72.6 Å². The highest BCUT2D eigenvalue weighted by Gasteiger charge is 2.32. The van der Waals surface area contributed by atoms with Gasteiger partial charge in [0.25, 0.3) is 0 Å². The molecule has 1 aromatic carbocycles. The van der Waals surface area contributed by atoms with Crippen molar-refractivity contribution in [1.82, 2.24) is 0 Å². The fourth-order valence-corrected chi connectivity index (χ4v) is 4.83. The van der Waals surface area contributed by atoms with Crippen LogP contribution in [0.1, 0.15) is 110 Å². The first kappa shape index (κ1) is 24.1. The number of hydrogen-bond donors (Lipinski definition) is 1. The van der Waals surface area contributed by atoms with Crippen molar-refractivity contribution in [3.05, 3.63) is 23.3 Å². The topological polar surface area (TPSA) is 29.5 Å². The van der Waals surface area contributed by atoms with Crippen molar-refractivity contribution in [2.45, 2.75) is 118 Å². The van der Waals surface area contributed by atoms with E-state index in [9.17, 15) is 5.11 Å². The molecule has 0 aromatic heterocycles. The van der Waals surface area contributed by atoms with Gasteiger partial charge in [0.1, 0.15) is 17.1 Å². The van der Waals surface area contributed by atoms with Crippen molar-refractivity contribution in [3.8, 4) is 11.5 Å². The average Bonchev–Trinajstić information content (AvgIpc) is 2.62. The van der Waals surface area contributed by atoms with Crippen LogP contribution in [0.4, 0.5) is 0 Å². The Morgan fingerprint density at radius 1 is 0.931 bits per heavy atom. The van der Waals surface area contributed by atoms with Crippen molar-refractivity contribution >= 4 is 0 Å². The lowest BCUT2D eigenvalue weighted by Gasteiger charge is -2.37. The van der Waals surface area contributed by atoms with Crippen LogP contribution in [0.5, 0.6) is 11.5 Å². The zero-order valence-corrected chi connectivity index (χ0v) is 20.0. The maximum Gasteiger partial charge on any atom is 0.126 e. The van der Waals surface area contributed by atoms with Crippen LogP contribution in [0, 0.1) is 24.7 Å². The molecular formula is C27H46O2. The minimum Gasteiger partial charge on any atom is -0.508 e. The van der Waals surface area contributed by atoms with E-state index < -0.39 is 0 Å². The van der Waals surface area contributed by atoms with E-state index in [2.05, 4.69) is 34.6 Å². The molecule has 0 aliphatic carbocycles. The summed E-state index contributed by atoms with van der Waals surface area (Å²) >= 11 is 0. The second-order valence-electron chi connectivity index (χ2n) is 10.7. The molecule has 29 heavy (non-hydrogen) atoms. The van der Waals surface area contributed by atoms with Crippen molar-refractivity contribution < 1.29 is 9.84 Å². The van der Waals surface area contributed by atoms with Gasteiger partial charge in [-0.05, 0) is 80.5 Å². The van der Waals surface area contributed by atoms with E-state index in [0.717, 1.165) is 53.9 Å². The third-order valence-electron chi connectivity index (χ3n) is 6.88. The molecule has 0 bridgehead atoms. The molecule has 1 aliphatic heterocycles. The predicted octanol–water partition coefficient (Wildman–Crippen LogP) is 8.22. The molecule has 3 atom stereocenters. The van der Waals surface area contributed by atoms with Crippen LogP contribution in [0.15, 0.2) is 12.1 Å². The predicted molar refractivity (Wildman–Crippen MR) is 125 cm³/mol. The van der Waals surface area contributed by atoms with E-state index in [1.807, 2.05) is 19.1 Å². The second kappa shape index (κ2) is 11.3. The average molecular weight is 403 g/mol. The molecule has 1 aromatic rings. The Labute approximate surface area is 180 Å². The fourth-order valence-electron chi connectivity index (χ4n) is 4.83. The molecule has 2 unspecified atom stereocenters. The highest BCUT2D eigenvalue weighted by Crippen LogP contribution is 2.40. The molecule has 2 nitrogen and oxygen atoms in total. The minimum atomic E-state index is -0.0562. The SMILES string of the molecule is Cc1cc(O)cc2c1O[C@](C)(CCCC(C)CCCC(C)CCCC(C)C)CC2. The van der Waals surface area contributed by atoms with Crippen LogP contribution < -0.4 is 4.74 Å². The van der Waals surface area contributed by atoms with Gasteiger partial charge in [-0.25, -0.2) is 0 Å². The van der Waals surface area contributed by atoms with Gasteiger partial charge in [0, 0.05) is 0 Å². The van der Waals surface area contributed by atoms with Gasteiger partial charge < -0.3 is 9.84 Å². The van der Waals surface area contributed by atoms with Gasteiger partial charge in [0.15, 0.2) is 0 Å². The molecule has 0 radical (unpaired) electrons. The molecule has 2 heteroatoms. The summed E-state index contributed by atoms with van der Waals surface area (Å²) in [6, 6.07) is 3.68. The highest BCUT2D eigenvalue weighted by molar-refractivity contribution is 5.47. The Kier molecular flexibility index (Phi) is 9.37. The van der Waals surface area contributed by atoms with Crippen molar-refractivity contribution in [2.75, 3.05) is 0 Å². The maximum atomic E-state index is 9.82. The lowest BCUT2D eigenvalue weighted by molar-refractivity contribution is 0.0515. The lowest BCUT2D eigenvalue weighted by atomic mass is 9.85. The zero-order chi connectivity index (χ0) is 21.4. The van der Waals surface area contributed by atoms with Crippen LogP contribution in [0.2, 0.25) is 0 Å². The van der Waals surface area contributed by atoms with Crippen molar-refractivity contribution in [3.63, 3.8) is 0 Å². The van der Waals surface area contributed by atoms with Gasteiger partial charge in [0.05, 0.1) is 0 Å². The molecule has 0 saturated heterocycles. The highest BCUT2D eigenvalue weighted by atomic mass is 16.5. The first-order valence-electron chi connectivity index (χ1n) is 12.2. The molecule has 2 rings (SSSR count).